The number of pyridine rings is 1. The van der Waals surface area contributed by atoms with Crippen LogP contribution >= 0.6 is 0 Å². The molecule has 0 amide bonds. The van der Waals surface area contributed by atoms with Crippen LogP contribution in [-0.2, 0) is 0 Å². The third-order valence-electron chi connectivity index (χ3n) is 6.46. The van der Waals surface area contributed by atoms with Gasteiger partial charge >= 0.3 is 0 Å². The molecular weight excluding hydrogens is 342 g/mol. The number of nitrogens with zero attached hydrogens (tertiary/aromatic N) is 1. The van der Waals surface area contributed by atoms with E-state index in [0.717, 1.165) is 30.6 Å². The van der Waals surface area contributed by atoms with Crippen LogP contribution in [0.15, 0.2) is 48.5 Å². The highest BCUT2D eigenvalue weighted by molar-refractivity contribution is 5.53. The molecule has 27 heavy (non-hydrogen) atoms. The van der Waals surface area contributed by atoms with E-state index in [9.17, 15) is 8.78 Å². The molecule has 1 aromatic heterocycles. The first-order valence-electron chi connectivity index (χ1n) is 9.53. The molecule has 2 aromatic rings. The Hall–Kier alpha value is -2.45. The summed E-state index contributed by atoms with van der Waals surface area (Å²) in [5.41, 5.74) is 7.81. The molecule has 2 aliphatic carbocycles. The molecule has 2 bridgehead atoms. The summed E-state index contributed by atoms with van der Waals surface area (Å²) in [6.45, 7) is 8.04. The highest BCUT2D eigenvalue weighted by Gasteiger charge is 2.50. The van der Waals surface area contributed by atoms with Gasteiger partial charge in [0.1, 0.15) is 0 Å². The quantitative estimate of drug-likeness (QED) is 0.539. The smallest absolute Gasteiger partial charge is 0.249 e. The highest BCUT2D eigenvalue weighted by Crippen LogP contribution is 2.59. The van der Waals surface area contributed by atoms with Gasteiger partial charge in [-0.15, -0.1) is 5.73 Å². The van der Waals surface area contributed by atoms with Crippen LogP contribution in [0.1, 0.15) is 41.9 Å². The molecule has 0 spiro atoms. The molecule has 0 aliphatic heterocycles. The Morgan fingerprint density at radius 3 is 2.67 bits per heavy atom. The fraction of sp³-hybridized carbons (Fsp3) is 0.391. The number of rotatable bonds is 4. The molecule has 2 aliphatic rings. The molecular formula is C23H24F2N2. The van der Waals surface area contributed by atoms with Gasteiger partial charge in [0.25, 0.3) is 0 Å². The van der Waals surface area contributed by atoms with Crippen LogP contribution < -0.4 is 5.32 Å². The van der Waals surface area contributed by atoms with E-state index in [1.165, 1.54) is 17.3 Å². The fourth-order valence-corrected chi connectivity index (χ4v) is 5.06. The maximum absolute atomic E-state index is 14.5. The van der Waals surface area contributed by atoms with Gasteiger partial charge in [-0.05, 0) is 85.8 Å². The van der Waals surface area contributed by atoms with Crippen molar-refractivity contribution in [1.29, 1.82) is 0 Å². The van der Waals surface area contributed by atoms with Crippen molar-refractivity contribution in [2.45, 2.75) is 39.0 Å². The number of hydrogen-bond acceptors (Lipinski definition) is 2. The van der Waals surface area contributed by atoms with Crippen LogP contribution in [0.5, 0.6) is 0 Å². The zero-order chi connectivity index (χ0) is 19.1. The molecule has 140 valence electrons. The summed E-state index contributed by atoms with van der Waals surface area (Å²) in [6, 6.07) is 7.85. The van der Waals surface area contributed by atoms with Crippen molar-refractivity contribution in [3.8, 4) is 0 Å². The Kier molecular flexibility index (Phi) is 4.61. The number of nitrogens with one attached hydrogen (secondary N) is 1. The van der Waals surface area contributed by atoms with E-state index in [-0.39, 0.29) is 11.8 Å². The van der Waals surface area contributed by atoms with Gasteiger partial charge in [-0.3, -0.25) is 0 Å². The van der Waals surface area contributed by atoms with E-state index in [2.05, 4.69) is 48.6 Å². The van der Waals surface area contributed by atoms with E-state index < -0.39 is 11.8 Å². The lowest BCUT2D eigenvalue weighted by Gasteiger charge is -2.33. The van der Waals surface area contributed by atoms with Crippen LogP contribution in [0.25, 0.3) is 0 Å². The summed E-state index contributed by atoms with van der Waals surface area (Å²) in [7, 11) is 0. The zero-order valence-electron chi connectivity index (χ0n) is 15.7. The van der Waals surface area contributed by atoms with Crippen LogP contribution in [-0.4, -0.2) is 4.98 Å². The van der Waals surface area contributed by atoms with E-state index in [1.807, 2.05) is 6.07 Å². The van der Waals surface area contributed by atoms with E-state index in [4.69, 9.17) is 0 Å². The third-order valence-corrected chi connectivity index (χ3v) is 6.46. The first-order valence-corrected chi connectivity index (χ1v) is 9.53. The van der Waals surface area contributed by atoms with Gasteiger partial charge in [0.2, 0.25) is 5.95 Å². The molecule has 2 saturated carbocycles. The maximum atomic E-state index is 14.5. The Morgan fingerprint density at radius 2 is 1.93 bits per heavy atom. The van der Waals surface area contributed by atoms with Crippen molar-refractivity contribution in [3.63, 3.8) is 0 Å². The normalized spacial score (nSPS) is 26.1. The molecule has 1 N–H and O–H groups in total. The van der Waals surface area contributed by atoms with Gasteiger partial charge in [0, 0.05) is 17.8 Å². The number of hydrogen-bond donors (Lipinski definition) is 1. The molecule has 1 heterocycles. The first kappa shape index (κ1) is 17.9. The minimum atomic E-state index is -1.01. The third kappa shape index (κ3) is 3.08. The summed E-state index contributed by atoms with van der Waals surface area (Å²) in [5, 5.41) is 3.47. The van der Waals surface area contributed by atoms with Crippen molar-refractivity contribution >= 4 is 5.69 Å². The number of aryl methyl sites for hydroxylation is 2. The first-order chi connectivity index (χ1) is 13.0. The largest absolute Gasteiger partial charge is 0.352 e. The predicted molar refractivity (Wildman–Crippen MR) is 103 cm³/mol. The van der Waals surface area contributed by atoms with Crippen molar-refractivity contribution in [1.82, 2.24) is 4.98 Å². The monoisotopic (exact) mass is 366 g/mol. The van der Waals surface area contributed by atoms with Crippen LogP contribution in [0.4, 0.5) is 14.5 Å². The standard InChI is InChI=1S/C23H24F2N2/c1-4-19(27-17-8-5-13(2)14(3)11-17)21-16-7-6-15(12-16)20(21)18-9-10-26-23(25)22(18)24/h5,8-11,15-16,20-21,27H,1,6-7,12H2,2-3H3. The summed E-state index contributed by atoms with van der Waals surface area (Å²) >= 11 is 0. The second kappa shape index (κ2) is 6.94. The lowest BCUT2D eigenvalue weighted by atomic mass is 9.74. The number of aromatic nitrogens is 1. The second-order valence-electron chi connectivity index (χ2n) is 7.90. The summed E-state index contributed by atoms with van der Waals surface area (Å²) in [4.78, 5) is 3.46. The van der Waals surface area contributed by atoms with Gasteiger partial charge < -0.3 is 5.32 Å². The zero-order valence-corrected chi connectivity index (χ0v) is 15.7. The second-order valence-corrected chi connectivity index (χ2v) is 7.90. The number of halogens is 2. The van der Waals surface area contributed by atoms with Gasteiger partial charge in [-0.1, -0.05) is 12.6 Å². The van der Waals surface area contributed by atoms with Crippen LogP contribution in [0, 0.1) is 43.4 Å². The minimum absolute atomic E-state index is 0.0652. The minimum Gasteiger partial charge on any atom is -0.352 e. The molecule has 0 radical (unpaired) electrons. The SMILES string of the molecule is C=C=C(Nc1ccc(C)c(C)c1)C1C2CCC(C2)C1c1ccnc(F)c1F. The highest BCUT2D eigenvalue weighted by atomic mass is 19.2. The van der Waals surface area contributed by atoms with Gasteiger partial charge in [-0.2, -0.15) is 4.39 Å². The lowest BCUT2D eigenvalue weighted by Crippen LogP contribution is -2.26. The maximum Gasteiger partial charge on any atom is 0.249 e. The van der Waals surface area contributed by atoms with E-state index >= 15 is 0 Å². The van der Waals surface area contributed by atoms with Gasteiger partial charge in [0.05, 0.1) is 5.70 Å². The molecule has 2 fully saturated rings. The molecule has 4 rings (SSSR count). The average molecular weight is 366 g/mol. The Morgan fingerprint density at radius 1 is 1.15 bits per heavy atom. The number of fused-ring (bicyclic) bond motifs is 2. The van der Waals surface area contributed by atoms with Crippen molar-refractivity contribution in [2.75, 3.05) is 5.32 Å². The molecule has 4 atom stereocenters. The van der Waals surface area contributed by atoms with Crippen LogP contribution in [0.3, 0.4) is 0 Å². The Labute approximate surface area is 159 Å². The summed E-state index contributed by atoms with van der Waals surface area (Å²) < 4.78 is 28.3. The summed E-state index contributed by atoms with van der Waals surface area (Å²) in [6.07, 6.45) is 4.58. The lowest BCUT2D eigenvalue weighted by molar-refractivity contribution is 0.318. The van der Waals surface area contributed by atoms with Crippen molar-refractivity contribution in [2.24, 2.45) is 17.8 Å². The molecule has 2 nitrogen and oxygen atoms in total. The van der Waals surface area contributed by atoms with E-state index in [0.29, 0.717) is 17.4 Å². The average Bonchev–Trinajstić information content (AvgIpc) is 3.26. The van der Waals surface area contributed by atoms with Crippen molar-refractivity contribution < 1.29 is 8.78 Å². The van der Waals surface area contributed by atoms with Gasteiger partial charge in [0.15, 0.2) is 5.82 Å². The molecule has 0 saturated heterocycles. The fourth-order valence-electron chi connectivity index (χ4n) is 5.06. The van der Waals surface area contributed by atoms with Crippen molar-refractivity contribution in [3.05, 3.63) is 76.9 Å². The molecule has 4 unspecified atom stereocenters. The molecule has 4 heteroatoms. The number of anilines is 1. The number of benzene rings is 1. The number of allylic oxidation sites excluding steroid dienone is 1. The Bertz CT molecular complexity index is 930. The Balaban J connectivity index is 1.69. The van der Waals surface area contributed by atoms with E-state index in [1.54, 1.807) is 6.07 Å². The topological polar surface area (TPSA) is 24.9 Å². The predicted octanol–water partition coefficient (Wildman–Crippen LogP) is 5.89. The van der Waals surface area contributed by atoms with Crippen LogP contribution in [0.2, 0.25) is 0 Å². The molecule has 1 aromatic carbocycles. The van der Waals surface area contributed by atoms with Gasteiger partial charge in [-0.25, -0.2) is 9.37 Å². The summed E-state index contributed by atoms with van der Waals surface area (Å²) in [5.74, 6) is -1.02.